The van der Waals surface area contributed by atoms with E-state index in [1.54, 1.807) is 6.92 Å². The Morgan fingerprint density at radius 3 is 2.23 bits per heavy atom. The summed E-state index contributed by atoms with van der Waals surface area (Å²) < 4.78 is 30.0. The largest absolute Gasteiger partial charge is 0.469 e. The number of aliphatic hydroxyl groups excluding tert-OH is 1. The van der Waals surface area contributed by atoms with E-state index >= 15 is 0 Å². The molecule has 0 aliphatic carbocycles. The molecule has 0 aromatic heterocycles. The number of hydrogen-bond donors (Lipinski definition) is 1. The van der Waals surface area contributed by atoms with Gasteiger partial charge in [0.15, 0.2) is 0 Å². The first kappa shape index (κ1) is 22.1. The predicted octanol–water partition coefficient (Wildman–Crippen LogP) is 0.571. The van der Waals surface area contributed by atoms with Crippen LogP contribution in [0.1, 0.15) is 23.7 Å². The lowest BCUT2D eigenvalue weighted by Crippen LogP contribution is -2.38. The molecule has 1 aromatic carbocycles. The Kier molecular flexibility index (Phi) is 8.19. The summed E-state index contributed by atoms with van der Waals surface area (Å²) in [5, 5.41) is 9.03. The van der Waals surface area contributed by atoms with E-state index in [4.69, 9.17) is 5.11 Å². The summed E-state index contributed by atoms with van der Waals surface area (Å²) >= 11 is 0. The van der Waals surface area contributed by atoms with Gasteiger partial charge in [0.25, 0.3) is 5.91 Å². The maximum absolute atomic E-state index is 12.7. The second-order valence-corrected chi connectivity index (χ2v) is 8.22. The van der Waals surface area contributed by atoms with E-state index in [2.05, 4.69) is 4.74 Å². The molecule has 1 aromatic rings. The molecule has 0 heterocycles. The van der Waals surface area contributed by atoms with Gasteiger partial charge in [-0.25, -0.2) is 12.7 Å². The van der Waals surface area contributed by atoms with E-state index in [0.29, 0.717) is 12.0 Å². The zero-order valence-electron chi connectivity index (χ0n) is 15.5. The van der Waals surface area contributed by atoms with Crippen molar-refractivity contribution in [2.45, 2.75) is 18.2 Å². The Bertz CT molecular complexity index is 715. The van der Waals surface area contributed by atoms with Crippen LogP contribution in [0.2, 0.25) is 0 Å². The third-order valence-electron chi connectivity index (χ3n) is 3.85. The summed E-state index contributed by atoms with van der Waals surface area (Å²) in [6.07, 6.45) is 0.368. The molecule has 146 valence electrons. The number of carbonyl (C=O) groups excluding carboxylic acids is 2. The van der Waals surface area contributed by atoms with Crippen LogP contribution in [0, 0.1) is 5.92 Å². The van der Waals surface area contributed by atoms with Gasteiger partial charge >= 0.3 is 5.97 Å². The van der Waals surface area contributed by atoms with Crippen molar-refractivity contribution in [3.8, 4) is 0 Å². The van der Waals surface area contributed by atoms with Gasteiger partial charge in [-0.15, -0.1) is 0 Å². The average Bonchev–Trinajstić information content (AvgIpc) is 2.63. The van der Waals surface area contributed by atoms with Crippen LogP contribution in [0.3, 0.4) is 0 Å². The van der Waals surface area contributed by atoms with Gasteiger partial charge in [0.1, 0.15) is 0 Å². The standard InChI is InChI=1S/C17H26N2O6S/c1-13(17(22)25-4)12-19(10-5-11-20)16(21)14-6-8-15(9-7-14)26(23,24)18(2)3/h6-9,13,20H,5,10-12H2,1-4H3. The Morgan fingerprint density at radius 1 is 1.19 bits per heavy atom. The van der Waals surface area contributed by atoms with Crippen molar-refractivity contribution in [1.82, 2.24) is 9.21 Å². The van der Waals surface area contributed by atoms with Crippen LogP contribution in [-0.4, -0.2) is 75.5 Å². The van der Waals surface area contributed by atoms with Gasteiger partial charge in [-0.1, -0.05) is 6.92 Å². The smallest absolute Gasteiger partial charge is 0.310 e. The summed E-state index contributed by atoms with van der Waals surface area (Å²) in [4.78, 5) is 25.9. The molecule has 1 amide bonds. The van der Waals surface area contributed by atoms with E-state index in [-0.39, 0.29) is 30.5 Å². The van der Waals surface area contributed by atoms with Crippen molar-refractivity contribution < 1.29 is 27.9 Å². The van der Waals surface area contributed by atoms with Crippen LogP contribution in [-0.2, 0) is 19.6 Å². The first-order valence-electron chi connectivity index (χ1n) is 8.15. The number of benzene rings is 1. The third-order valence-corrected chi connectivity index (χ3v) is 5.68. The van der Waals surface area contributed by atoms with E-state index in [1.807, 2.05) is 0 Å². The minimum absolute atomic E-state index is 0.0869. The van der Waals surface area contributed by atoms with Crippen LogP contribution in [0.5, 0.6) is 0 Å². The van der Waals surface area contributed by atoms with Crippen LogP contribution in [0.4, 0.5) is 0 Å². The number of rotatable bonds is 9. The van der Waals surface area contributed by atoms with Crippen LogP contribution in [0.25, 0.3) is 0 Å². The Labute approximate surface area is 154 Å². The molecule has 1 unspecified atom stereocenters. The van der Waals surface area contributed by atoms with Crippen molar-refractivity contribution in [3.63, 3.8) is 0 Å². The quantitative estimate of drug-likeness (QED) is 0.622. The molecule has 1 atom stereocenters. The number of hydrogen-bond acceptors (Lipinski definition) is 6. The molecule has 0 radical (unpaired) electrons. The molecule has 0 aliphatic heterocycles. The molecule has 9 heteroatoms. The van der Waals surface area contributed by atoms with Crippen LogP contribution < -0.4 is 0 Å². The summed E-state index contributed by atoms with van der Waals surface area (Å²) in [7, 11) is 0.567. The molecular weight excluding hydrogens is 360 g/mol. The lowest BCUT2D eigenvalue weighted by Gasteiger charge is -2.25. The van der Waals surface area contributed by atoms with Gasteiger partial charge in [0, 0.05) is 39.4 Å². The highest BCUT2D eigenvalue weighted by Gasteiger charge is 2.23. The van der Waals surface area contributed by atoms with Gasteiger partial charge in [-0.2, -0.15) is 0 Å². The molecule has 0 saturated heterocycles. The van der Waals surface area contributed by atoms with Gasteiger partial charge in [-0.3, -0.25) is 9.59 Å². The van der Waals surface area contributed by atoms with Gasteiger partial charge in [-0.05, 0) is 30.7 Å². The van der Waals surface area contributed by atoms with Crippen LogP contribution in [0.15, 0.2) is 29.2 Å². The minimum atomic E-state index is -3.57. The second-order valence-electron chi connectivity index (χ2n) is 6.06. The van der Waals surface area contributed by atoms with Crippen molar-refractivity contribution in [2.24, 2.45) is 5.92 Å². The topological polar surface area (TPSA) is 104 Å². The first-order chi connectivity index (χ1) is 12.1. The molecular formula is C17H26N2O6S. The number of amides is 1. The first-order valence-corrected chi connectivity index (χ1v) is 9.59. The maximum Gasteiger partial charge on any atom is 0.310 e. The number of carbonyl (C=O) groups is 2. The summed E-state index contributed by atoms with van der Waals surface area (Å²) in [6, 6.07) is 5.62. The molecule has 1 rings (SSSR count). The van der Waals surface area contributed by atoms with Crippen LogP contribution >= 0.6 is 0 Å². The fourth-order valence-electron chi connectivity index (χ4n) is 2.31. The van der Waals surface area contributed by atoms with Crippen molar-refractivity contribution in [2.75, 3.05) is 40.9 Å². The summed E-state index contributed by atoms with van der Waals surface area (Å²) in [5.74, 6) is -1.29. The maximum atomic E-state index is 12.7. The van der Waals surface area contributed by atoms with Crippen molar-refractivity contribution in [3.05, 3.63) is 29.8 Å². The van der Waals surface area contributed by atoms with Crippen molar-refractivity contribution in [1.29, 1.82) is 0 Å². The highest BCUT2D eigenvalue weighted by molar-refractivity contribution is 7.89. The number of ether oxygens (including phenoxy) is 1. The number of sulfonamides is 1. The van der Waals surface area contributed by atoms with E-state index in [0.717, 1.165) is 4.31 Å². The fourth-order valence-corrected chi connectivity index (χ4v) is 3.21. The Balaban J connectivity index is 3.02. The SMILES string of the molecule is COC(=O)C(C)CN(CCCO)C(=O)c1ccc(S(=O)(=O)N(C)C)cc1. The molecule has 0 fully saturated rings. The highest BCUT2D eigenvalue weighted by atomic mass is 32.2. The van der Waals surface area contributed by atoms with E-state index in [1.165, 1.54) is 50.4 Å². The molecule has 1 N–H and O–H groups in total. The van der Waals surface area contributed by atoms with Gasteiger partial charge in [0.05, 0.1) is 17.9 Å². The molecule has 26 heavy (non-hydrogen) atoms. The fraction of sp³-hybridized carbons (Fsp3) is 0.529. The average molecular weight is 386 g/mol. The summed E-state index contributed by atoms with van der Waals surface area (Å²) in [6.45, 7) is 1.98. The molecule has 8 nitrogen and oxygen atoms in total. The number of nitrogens with zero attached hydrogens (tertiary/aromatic N) is 2. The number of methoxy groups -OCH3 is 1. The lowest BCUT2D eigenvalue weighted by atomic mass is 10.1. The minimum Gasteiger partial charge on any atom is -0.469 e. The molecule has 0 saturated carbocycles. The molecule has 0 bridgehead atoms. The zero-order chi connectivity index (χ0) is 19.9. The van der Waals surface area contributed by atoms with E-state index < -0.39 is 21.9 Å². The normalized spacial score (nSPS) is 12.7. The molecule has 0 spiro atoms. The van der Waals surface area contributed by atoms with Gasteiger partial charge in [0.2, 0.25) is 10.0 Å². The van der Waals surface area contributed by atoms with Gasteiger partial charge < -0.3 is 14.7 Å². The Hall–Kier alpha value is -1.97. The summed E-state index contributed by atoms with van der Waals surface area (Å²) in [5.41, 5.74) is 0.303. The lowest BCUT2D eigenvalue weighted by molar-refractivity contribution is -0.145. The van der Waals surface area contributed by atoms with E-state index in [9.17, 15) is 18.0 Å². The van der Waals surface area contributed by atoms with Crippen molar-refractivity contribution >= 4 is 21.9 Å². The number of esters is 1. The molecule has 0 aliphatic rings. The zero-order valence-corrected chi connectivity index (χ0v) is 16.3. The second kappa shape index (κ2) is 9.65. The number of aliphatic hydroxyl groups is 1. The predicted molar refractivity (Wildman–Crippen MR) is 96.1 cm³/mol. The third kappa shape index (κ3) is 5.52. The Morgan fingerprint density at radius 2 is 1.77 bits per heavy atom. The monoisotopic (exact) mass is 386 g/mol. The highest BCUT2D eigenvalue weighted by Crippen LogP contribution is 2.16.